The summed E-state index contributed by atoms with van der Waals surface area (Å²) in [6.45, 7) is 8.70. The summed E-state index contributed by atoms with van der Waals surface area (Å²) < 4.78 is 0. The van der Waals surface area contributed by atoms with E-state index in [9.17, 15) is 4.79 Å². The predicted octanol–water partition coefficient (Wildman–Crippen LogP) is 0.829. The zero-order valence-electron chi connectivity index (χ0n) is 10.1. The van der Waals surface area contributed by atoms with Gasteiger partial charge in [0.1, 0.15) is 0 Å². The zero-order valence-corrected chi connectivity index (χ0v) is 10.1. The first-order chi connectivity index (χ1) is 7.06. The molecule has 1 atom stereocenters. The van der Waals surface area contributed by atoms with Crippen LogP contribution in [-0.2, 0) is 4.79 Å². The van der Waals surface area contributed by atoms with E-state index in [-0.39, 0.29) is 11.9 Å². The van der Waals surface area contributed by atoms with Crippen molar-refractivity contribution in [3.05, 3.63) is 0 Å². The molecule has 0 saturated carbocycles. The fourth-order valence-corrected chi connectivity index (χ4v) is 1.92. The van der Waals surface area contributed by atoms with Crippen LogP contribution in [0.25, 0.3) is 0 Å². The van der Waals surface area contributed by atoms with Gasteiger partial charge < -0.3 is 5.73 Å². The van der Waals surface area contributed by atoms with Gasteiger partial charge in [-0.25, -0.2) is 5.01 Å². The number of carbonyl (C=O) groups excluding carboxylic acids is 1. The molecule has 0 radical (unpaired) electrons. The first-order valence-electron chi connectivity index (χ1n) is 5.83. The van der Waals surface area contributed by atoms with Crippen molar-refractivity contribution in [2.24, 2.45) is 11.7 Å². The minimum Gasteiger partial charge on any atom is -0.329 e. The summed E-state index contributed by atoms with van der Waals surface area (Å²) in [5, 5.41) is 4.03. The number of rotatable bonds is 4. The second kappa shape index (κ2) is 5.47. The standard InChI is InChI=1S/C11H23N3O/c1-9(2)8-14-11(15)5-4-6-13(14)10(3)7-12/h9-10H,4-8,12H2,1-3H3. The minimum atomic E-state index is 0.246. The number of hydrazine groups is 1. The molecule has 0 aromatic rings. The van der Waals surface area contributed by atoms with E-state index in [0.717, 1.165) is 19.5 Å². The molecule has 2 N–H and O–H groups in total. The Labute approximate surface area is 92.4 Å². The van der Waals surface area contributed by atoms with E-state index in [1.807, 2.05) is 5.01 Å². The van der Waals surface area contributed by atoms with Crippen molar-refractivity contribution >= 4 is 5.91 Å². The van der Waals surface area contributed by atoms with Gasteiger partial charge in [0.15, 0.2) is 0 Å². The molecule has 1 unspecified atom stereocenters. The molecular weight excluding hydrogens is 190 g/mol. The summed E-state index contributed by atoms with van der Waals surface area (Å²) in [5.74, 6) is 0.745. The van der Waals surface area contributed by atoms with Gasteiger partial charge in [0, 0.05) is 32.1 Å². The van der Waals surface area contributed by atoms with Crippen molar-refractivity contribution in [1.29, 1.82) is 0 Å². The summed E-state index contributed by atoms with van der Waals surface area (Å²) in [6.07, 6.45) is 1.64. The van der Waals surface area contributed by atoms with E-state index in [2.05, 4.69) is 25.8 Å². The highest BCUT2D eigenvalue weighted by Gasteiger charge is 2.28. The van der Waals surface area contributed by atoms with E-state index in [1.165, 1.54) is 0 Å². The first-order valence-corrected chi connectivity index (χ1v) is 5.83. The number of nitrogens with two attached hydrogens (primary N) is 1. The molecule has 0 spiro atoms. The summed E-state index contributed by atoms with van der Waals surface area (Å²) in [6, 6.07) is 0.257. The third kappa shape index (κ3) is 3.18. The Bertz CT molecular complexity index is 218. The summed E-state index contributed by atoms with van der Waals surface area (Å²) in [7, 11) is 0. The maximum absolute atomic E-state index is 11.8. The highest BCUT2D eigenvalue weighted by molar-refractivity contribution is 5.76. The SMILES string of the molecule is CC(C)CN1C(=O)CCCN1C(C)CN. The third-order valence-corrected chi connectivity index (χ3v) is 2.76. The molecule has 1 amide bonds. The molecule has 0 aromatic carbocycles. The highest BCUT2D eigenvalue weighted by atomic mass is 16.2. The topological polar surface area (TPSA) is 49.6 Å². The van der Waals surface area contributed by atoms with Crippen LogP contribution in [-0.4, -0.2) is 41.6 Å². The monoisotopic (exact) mass is 213 g/mol. The average Bonchev–Trinajstić information content (AvgIpc) is 2.19. The van der Waals surface area contributed by atoms with Crippen LogP contribution in [0.15, 0.2) is 0 Å². The normalized spacial score (nSPS) is 21.1. The molecule has 0 aromatic heterocycles. The Balaban J connectivity index is 2.68. The number of hydrogen-bond acceptors (Lipinski definition) is 3. The van der Waals surface area contributed by atoms with Crippen LogP contribution in [0, 0.1) is 5.92 Å². The molecule has 4 heteroatoms. The Morgan fingerprint density at radius 1 is 1.40 bits per heavy atom. The molecule has 15 heavy (non-hydrogen) atoms. The van der Waals surface area contributed by atoms with Crippen molar-refractivity contribution in [2.45, 2.75) is 39.7 Å². The maximum atomic E-state index is 11.8. The number of amides is 1. The third-order valence-electron chi connectivity index (χ3n) is 2.76. The average molecular weight is 213 g/mol. The van der Waals surface area contributed by atoms with Crippen LogP contribution >= 0.6 is 0 Å². The fraction of sp³-hybridized carbons (Fsp3) is 0.909. The predicted molar refractivity (Wildman–Crippen MR) is 61.0 cm³/mol. The quantitative estimate of drug-likeness (QED) is 0.752. The van der Waals surface area contributed by atoms with E-state index in [4.69, 9.17) is 5.73 Å². The number of hydrogen-bond donors (Lipinski definition) is 1. The van der Waals surface area contributed by atoms with Crippen molar-refractivity contribution < 1.29 is 4.79 Å². The molecule has 1 rings (SSSR count). The molecule has 0 aliphatic carbocycles. The molecular formula is C11H23N3O. The molecule has 0 bridgehead atoms. The summed E-state index contributed by atoms with van der Waals surface area (Å²) >= 11 is 0. The number of nitrogens with zero attached hydrogens (tertiary/aromatic N) is 2. The number of carbonyl (C=O) groups is 1. The molecule has 1 fully saturated rings. The molecule has 1 aliphatic heterocycles. The van der Waals surface area contributed by atoms with Gasteiger partial charge in [0.25, 0.3) is 0 Å². The smallest absolute Gasteiger partial charge is 0.236 e. The minimum absolute atomic E-state index is 0.246. The van der Waals surface area contributed by atoms with Gasteiger partial charge in [-0.05, 0) is 19.3 Å². The van der Waals surface area contributed by atoms with Gasteiger partial charge >= 0.3 is 0 Å². The Kier molecular flexibility index (Phi) is 4.54. The van der Waals surface area contributed by atoms with E-state index in [1.54, 1.807) is 0 Å². The van der Waals surface area contributed by atoms with Crippen LogP contribution in [0.3, 0.4) is 0 Å². The van der Waals surface area contributed by atoms with Gasteiger partial charge in [-0.2, -0.15) is 0 Å². The second-order valence-corrected chi connectivity index (χ2v) is 4.72. The molecule has 1 heterocycles. The lowest BCUT2D eigenvalue weighted by atomic mass is 10.1. The lowest BCUT2D eigenvalue weighted by Crippen LogP contribution is -2.56. The zero-order chi connectivity index (χ0) is 11.4. The van der Waals surface area contributed by atoms with Gasteiger partial charge in [0.2, 0.25) is 5.91 Å². The lowest BCUT2D eigenvalue weighted by Gasteiger charge is -2.42. The first kappa shape index (κ1) is 12.5. The van der Waals surface area contributed by atoms with Crippen LogP contribution in [0.5, 0.6) is 0 Å². The Morgan fingerprint density at radius 2 is 2.07 bits per heavy atom. The van der Waals surface area contributed by atoms with Crippen molar-refractivity contribution in [3.63, 3.8) is 0 Å². The van der Waals surface area contributed by atoms with Crippen LogP contribution in [0.1, 0.15) is 33.6 Å². The van der Waals surface area contributed by atoms with Crippen molar-refractivity contribution in [2.75, 3.05) is 19.6 Å². The Hall–Kier alpha value is -0.610. The van der Waals surface area contributed by atoms with Crippen molar-refractivity contribution in [3.8, 4) is 0 Å². The molecule has 1 aliphatic rings. The highest BCUT2D eigenvalue weighted by Crippen LogP contribution is 2.16. The fourth-order valence-electron chi connectivity index (χ4n) is 1.92. The van der Waals surface area contributed by atoms with Crippen LogP contribution in [0.4, 0.5) is 0 Å². The van der Waals surface area contributed by atoms with Gasteiger partial charge in [-0.3, -0.25) is 9.80 Å². The molecule has 88 valence electrons. The van der Waals surface area contributed by atoms with Gasteiger partial charge in [0.05, 0.1) is 0 Å². The maximum Gasteiger partial charge on any atom is 0.236 e. The van der Waals surface area contributed by atoms with E-state index >= 15 is 0 Å². The second-order valence-electron chi connectivity index (χ2n) is 4.72. The van der Waals surface area contributed by atoms with Crippen molar-refractivity contribution in [1.82, 2.24) is 10.0 Å². The van der Waals surface area contributed by atoms with Gasteiger partial charge in [-0.15, -0.1) is 0 Å². The van der Waals surface area contributed by atoms with E-state index < -0.39 is 0 Å². The lowest BCUT2D eigenvalue weighted by molar-refractivity contribution is -0.161. The molecule has 1 saturated heterocycles. The van der Waals surface area contributed by atoms with Crippen LogP contribution < -0.4 is 5.73 Å². The summed E-state index contributed by atoms with van der Waals surface area (Å²) in [4.78, 5) is 11.8. The largest absolute Gasteiger partial charge is 0.329 e. The molecule has 4 nitrogen and oxygen atoms in total. The Morgan fingerprint density at radius 3 is 2.60 bits per heavy atom. The van der Waals surface area contributed by atoms with E-state index in [0.29, 0.717) is 18.9 Å². The van der Waals surface area contributed by atoms with Crippen LogP contribution in [0.2, 0.25) is 0 Å². The van der Waals surface area contributed by atoms with Gasteiger partial charge in [-0.1, -0.05) is 13.8 Å². The summed E-state index contributed by atoms with van der Waals surface area (Å²) in [5.41, 5.74) is 5.66.